The highest BCUT2D eigenvalue weighted by Gasteiger charge is 2.44. The predicted molar refractivity (Wildman–Crippen MR) is 118 cm³/mol. The van der Waals surface area contributed by atoms with Gasteiger partial charge in [0.2, 0.25) is 0 Å². The smallest absolute Gasteiger partial charge is 0.411 e. The van der Waals surface area contributed by atoms with Crippen LogP contribution in [0.4, 0.5) is 4.79 Å². The van der Waals surface area contributed by atoms with Gasteiger partial charge in [-0.3, -0.25) is 14.4 Å². The number of cyclic esters (lactones) is 1. The number of hydrogen-bond donors (Lipinski definition) is 0. The second-order valence-electron chi connectivity index (χ2n) is 9.64. The number of amides is 2. The Hall–Kier alpha value is -2.83. The van der Waals surface area contributed by atoms with Crippen molar-refractivity contribution >= 4 is 12.0 Å². The number of likely N-dealkylation sites (tertiary alicyclic amines) is 1. The van der Waals surface area contributed by atoms with Gasteiger partial charge in [-0.1, -0.05) is 30.3 Å². The average molecular weight is 425 g/mol. The second-order valence-corrected chi connectivity index (χ2v) is 9.64. The van der Waals surface area contributed by atoms with E-state index >= 15 is 0 Å². The minimum absolute atomic E-state index is 0.00758. The zero-order chi connectivity index (χ0) is 22.3. The summed E-state index contributed by atoms with van der Waals surface area (Å²) in [6.45, 7) is 11.3. The van der Waals surface area contributed by atoms with Gasteiger partial charge >= 0.3 is 6.09 Å². The third-order valence-electron chi connectivity index (χ3n) is 6.27. The molecule has 2 amide bonds. The van der Waals surface area contributed by atoms with Crippen molar-refractivity contribution in [2.45, 2.75) is 71.2 Å². The number of piperidine rings is 1. The van der Waals surface area contributed by atoms with E-state index in [0.717, 1.165) is 24.1 Å². The van der Waals surface area contributed by atoms with E-state index in [1.54, 1.807) is 0 Å². The Labute approximate surface area is 184 Å². The van der Waals surface area contributed by atoms with Crippen molar-refractivity contribution in [1.82, 2.24) is 19.6 Å². The highest BCUT2D eigenvalue weighted by Crippen LogP contribution is 2.36. The van der Waals surface area contributed by atoms with Gasteiger partial charge < -0.3 is 9.64 Å². The van der Waals surface area contributed by atoms with E-state index in [9.17, 15) is 9.59 Å². The minimum Gasteiger partial charge on any atom is -0.439 e. The largest absolute Gasteiger partial charge is 0.439 e. The zero-order valence-corrected chi connectivity index (χ0v) is 19.0. The monoisotopic (exact) mass is 424 g/mol. The number of hydrogen-bond acceptors (Lipinski definition) is 4. The Bertz CT molecular complexity index is 955. The molecule has 2 atom stereocenters. The Morgan fingerprint density at radius 2 is 1.77 bits per heavy atom. The van der Waals surface area contributed by atoms with Crippen molar-refractivity contribution in [3.8, 4) is 0 Å². The SMILES string of the molecule is Cc1cc(C(=O)N2CCC(N3C(=O)O[C@H](c4ccccc4)[C@@H]3C)CC2)n(C(C)(C)C)n1. The molecule has 0 unspecified atom stereocenters. The standard InChI is InChI=1S/C24H32N4O3/c1-16-15-20(28(25-16)24(3,4)5)22(29)26-13-11-19(12-14-26)27-17(2)21(31-23(27)30)18-9-7-6-8-10-18/h6-10,15,17,19,21H,11-14H2,1-5H3/t17-,21-/m0/s1. The van der Waals surface area contributed by atoms with Crippen LogP contribution < -0.4 is 0 Å². The number of aryl methyl sites for hydroxylation is 1. The molecule has 0 bridgehead atoms. The van der Waals surface area contributed by atoms with Crippen molar-refractivity contribution in [2.75, 3.05) is 13.1 Å². The van der Waals surface area contributed by atoms with Gasteiger partial charge in [0.15, 0.2) is 0 Å². The highest BCUT2D eigenvalue weighted by atomic mass is 16.6. The van der Waals surface area contributed by atoms with Crippen molar-refractivity contribution in [3.63, 3.8) is 0 Å². The van der Waals surface area contributed by atoms with Crippen molar-refractivity contribution < 1.29 is 14.3 Å². The summed E-state index contributed by atoms with van der Waals surface area (Å²) in [6.07, 6.45) is 0.982. The van der Waals surface area contributed by atoms with Gasteiger partial charge in [-0.15, -0.1) is 0 Å². The Morgan fingerprint density at radius 1 is 1.13 bits per heavy atom. The molecule has 0 aliphatic carbocycles. The summed E-state index contributed by atoms with van der Waals surface area (Å²) in [5.74, 6) is 0.00758. The third kappa shape index (κ3) is 4.05. The van der Waals surface area contributed by atoms with Crippen LogP contribution in [0.25, 0.3) is 0 Å². The predicted octanol–water partition coefficient (Wildman–Crippen LogP) is 4.13. The summed E-state index contributed by atoms with van der Waals surface area (Å²) in [4.78, 5) is 29.7. The van der Waals surface area contributed by atoms with E-state index in [-0.39, 0.29) is 35.7 Å². The van der Waals surface area contributed by atoms with E-state index < -0.39 is 0 Å². The summed E-state index contributed by atoms with van der Waals surface area (Å²) < 4.78 is 7.54. The molecule has 2 fully saturated rings. The lowest BCUT2D eigenvalue weighted by Gasteiger charge is -2.37. The summed E-state index contributed by atoms with van der Waals surface area (Å²) in [5, 5.41) is 4.53. The Balaban J connectivity index is 1.43. The molecule has 2 aliphatic heterocycles. The molecule has 2 saturated heterocycles. The van der Waals surface area contributed by atoms with E-state index in [1.807, 2.05) is 85.5 Å². The maximum atomic E-state index is 13.2. The van der Waals surface area contributed by atoms with E-state index in [4.69, 9.17) is 4.74 Å². The third-order valence-corrected chi connectivity index (χ3v) is 6.27. The molecule has 31 heavy (non-hydrogen) atoms. The van der Waals surface area contributed by atoms with Crippen LogP contribution in [0.1, 0.15) is 68.4 Å². The first-order valence-electron chi connectivity index (χ1n) is 11.1. The first-order valence-corrected chi connectivity index (χ1v) is 11.1. The molecule has 0 N–H and O–H groups in total. The average Bonchev–Trinajstić information content (AvgIpc) is 3.28. The van der Waals surface area contributed by atoms with Gasteiger partial charge in [-0.05, 0) is 59.1 Å². The number of nitrogens with zero attached hydrogens (tertiary/aromatic N) is 4. The molecular formula is C24H32N4O3. The summed E-state index contributed by atoms with van der Waals surface area (Å²) >= 11 is 0. The van der Waals surface area contributed by atoms with Gasteiger partial charge in [0, 0.05) is 19.1 Å². The lowest BCUT2D eigenvalue weighted by Crippen LogP contribution is -2.49. The number of carbonyl (C=O) groups is 2. The maximum absolute atomic E-state index is 13.2. The number of benzene rings is 1. The molecule has 7 nitrogen and oxygen atoms in total. The van der Waals surface area contributed by atoms with Crippen LogP contribution in [0.2, 0.25) is 0 Å². The fraction of sp³-hybridized carbons (Fsp3) is 0.542. The van der Waals surface area contributed by atoms with Crippen molar-refractivity contribution in [1.29, 1.82) is 0 Å². The Kier molecular flexibility index (Phi) is 5.54. The van der Waals surface area contributed by atoms with E-state index in [0.29, 0.717) is 18.8 Å². The molecule has 2 aromatic rings. The maximum Gasteiger partial charge on any atom is 0.411 e. The topological polar surface area (TPSA) is 67.7 Å². The van der Waals surface area contributed by atoms with Gasteiger partial charge in [-0.2, -0.15) is 5.10 Å². The molecule has 0 saturated carbocycles. The molecule has 2 aliphatic rings. The van der Waals surface area contributed by atoms with Gasteiger partial charge in [0.25, 0.3) is 5.91 Å². The zero-order valence-electron chi connectivity index (χ0n) is 19.0. The van der Waals surface area contributed by atoms with Crippen LogP contribution in [0.3, 0.4) is 0 Å². The molecule has 1 aromatic carbocycles. The number of aromatic nitrogens is 2. The summed E-state index contributed by atoms with van der Waals surface area (Å²) in [7, 11) is 0. The van der Waals surface area contributed by atoms with Gasteiger partial charge in [0.1, 0.15) is 11.8 Å². The fourth-order valence-corrected chi connectivity index (χ4v) is 4.72. The lowest BCUT2D eigenvalue weighted by atomic mass is 9.98. The number of rotatable bonds is 3. The number of ether oxygens (including phenoxy) is 1. The van der Waals surface area contributed by atoms with Crippen LogP contribution in [0, 0.1) is 6.92 Å². The van der Waals surface area contributed by atoms with E-state index in [1.165, 1.54) is 0 Å². The second kappa shape index (κ2) is 8.02. The first kappa shape index (κ1) is 21.4. The van der Waals surface area contributed by atoms with Crippen LogP contribution in [0.15, 0.2) is 36.4 Å². The van der Waals surface area contributed by atoms with Crippen molar-refractivity contribution in [2.24, 2.45) is 0 Å². The van der Waals surface area contributed by atoms with Crippen LogP contribution >= 0.6 is 0 Å². The van der Waals surface area contributed by atoms with Crippen molar-refractivity contribution in [3.05, 3.63) is 53.3 Å². The van der Waals surface area contributed by atoms with Crippen LogP contribution in [-0.4, -0.2) is 56.8 Å². The summed E-state index contributed by atoms with van der Waals surface area (Å²) in [5.41, 5.74) is 2.22. The van der Waals surface area contributed by atoms with Crippen LogP contribution in [-0.2, 0) is 10.3 Å². The fourth-order valence-electron chi connectivity index (χ4n) is 4.72. The highest BCUT2D eigenvalue weighted by molar-refractivity contribution is 5.93. The van der Waals surface area contributed by atoms with E-state index in [2.05, 4.69) is 5.10 Å². The van der Waals surface area contributed by atoms with Gasteiger partial charge in [0.05, 0.1) is 17.3 Å². The normalized spacial score (nSPS) is 22.7. The lowest BCUT2D eigenvalue weighted by molar-refractivity contribution is 0.0621. The van der Waals surface area contributed by atoms with Crippen LogP contribution in [0.5, 0.6) is 0 Å². The molecule has 4 rings (SSSR count). The summed E-state index contributed by atoms with van der Waals surface area (Å²) in [6, 6.07) is 11.8. The molecule has 0 spiro atoms. The minimum atomic E-state index is -0.265. The molecule has 3 heterocycles. The molecule has 166 valence electrons. The molecule has 7 heteroatoms. The molecule has 1 aromatic heterocycles. The molecule has 0 radical (unpaired) electrons. The first-order chi connectivity index (χ1) is 14.7. The van der Waals surface area contributed by atoms with Gasteiger partial charge in [-0.25, -0.2) is 4.79 Å². The Morgan fingerprint density at radius 3 is 2.39 bits per heavy atom. The molecular weight excluding hydrogens is 392 g/mol. The number of carbonyl (C=O) groups excluding carboxylic acids is 2. The quantitative estimate of drug-likeness (QED) is 0.743.